The molecule has 0 atom stereocenters. The number of carboxylic acids is 1. The number of aromatic nitrogens is 1. The van der Waals surface area contributed by atoms with Crippen molar-refractivity contribution in [2.24, 2.45) is 0 Å². The van der Waals surface area contributed by atoms with Gasteiger partial charge in [-0.1, -0.05) is 17.8 Å². The molecule has 0 saturated heterocycles. The molecule has 0 aliphatic rings. The van der Waals surface area contributed by atoms with Gasteiger partial charge in [-0.25, -0.2) is 14.6 Å². The maximum Gasteiger partial charge on any atom is 0.354 e. The number of carbonyl (C=O) groups excluding carboxylic acids is 2. The summed E-state index contributed by atoms with van der Waals surface area (Å²) in [6.07, 6.45) is 0. The molecule has 1 amide bonds. The SMILES string of the molecule is CCOC(=O)c1ccc(NC(=O)CSc2cccc(C(=O)O)n2)cc1. The smallest absolute Gasteiger partial charge is 0.354 e. The van der Waals surface area contributed by atoms with Crippen molar-refractivity contribution in [3.63, 3.8) is 0 Å². The summed E-state index contributed by atoms with van der Waals surface area (Å²) in [5.41, 5.74) is 0.884. The van der Waals surface area contributed by atoms with Gasteiger partial charge in [-0.05, 0) is 43.3 Å². The van der Waals surface area contributed by atoms with Crippen molar-refractivity contribution in [2.75, 3.05) is 17.7 Å². The first kappa shape index (κ1) is 18.5. The first-order valence-corrected chi connectivity index (χ1v) is 8.38. The van der Waals surface area contributed by atoms with E-state index in [-0.39, 0.29) is 17.4 Å². The maximum atomic E-state index is 12.0. The van der Waals surface area contributed by atoms with Gasteiger partial charge in [-0.2, -0.15) is 0 Å². The fourth-order valence-corrected chi connectivity index (χ4v) is 2.54. The number of anilines is 1. The highest BCUT2D eigenvalue weighted by Gasteiger charge is 2.09. The van der Waals surface area contributed by atoms with Crippen molar-refractivity contribution in [1.29, 1.82) is 0 Å². The Morgan fingerprint density at radius 2 is 1.88 bits per heavy atom. The van der Waals surface area contributed by atoms with E-state index in [1.807, 2.05) is 0 Å². The third-order valence-electron chi connectivity index (χ3n) is 2.97. The van der Waals surface area contributed by atoms with Crippen LogP contribution in [0.2, 0.25) is 0 Å². The van der Waals surface area contributed by atoms with Crippen molar-refractivity contribution >= 4 is 35.3 Å². The van der Waals surface area contributed by atoms with E-state index in [2.05, 4.69) is 10.3 Å². The number of thioether (sulfide) groups is 1. The van der Waals surface area contributed by atoms with Gasteiger partial charge in [0.15, 0.2) is 0 Å². The van der Waals surface area contributed by atoms with Crippen LogP contribution < -0.4 is 5.32 Å². The quantitative estimate of drug-likeness (QED) is 0.577. The normalized spacial score (nSPS) is 10.1. The summed E-state index contributed by atoms with van der Waals surface area (Å²) in [5, 5.41) is 12.0. The van der Waals surface area contributed by atoms with E-state index in [4.69, 9.17) is 9.84 Å². The first-order valence-electron chi connectivity index (χ1n) is 7.39. The number of carbonyl (C=O) groups is 3. The number of hydrogen-bond acceptors (Lipinski definition) is 6. The number of aromatic carboxylic acids is 1. The van der Waals surface area contributed by atoms with E-state index in [1.165, 1.54) is 6.07 Å². The molecule has 1 heterocycles. The van der Waals surface area contributed by atoms with Crippen LogP contribution in [0.5, 0.6) is 0 Å². The molecule has 0 spiro atoms. The molecular weight excluding hydrogens is 344 g/mol. The summed E-state index contributed by atoms with van der Waals surface area (Å²) in [6.45, 7) is 2.02. The molecule has 0 unspecified atom stereocenters. The van der Waals surface area contributed by atoms with Crippen LogP contribution in [0.1, 0.15) is 27.8 Å². The van der Waals surface area contributed by atoms with Crippen LogP contribution in [-0.4, -0.2) is 40.3 Å². The molecule has 8 heteroatoms. The van der Waals surface area contributed by atoms with E-state index in [1.54, 1.807) is 43.3 Å². The standard InChI is InChI=1S/C17H16N2O5S/c1-2-24-17(23)11-6-8-12(9-7-11)18-14(20)10-25-15-5-3-4-13(19-15)16(21)22/h3-9H,2,10H2,1H3,(H,18,20)(H,21,22). The molecule has 0 aliphatic carbocycles. The summed E-state index contributed by atoms with van der Waals surface area (Å²) in [5.74, 6) is -1.72. The second-order valence-electron chi connectivity index (χ2n) is 4.80. The second kappa shape index (κ2) is 8.84. The number of esters is 1. The van der Waals surface area contributed by atoms with Crippen LogP contribution >= 0.6 is 11.8 Å². The van der Waals surface area contributed by atoms with Gasteiger partial charge in [-0.3, -0.25) is 4.79 Å². The summed E-state index contributed by atoms with van der Waals surface area (Å²) in [7, 11) is 0. The van der Waals surface area contributed by atoms with Crippen molar-refractivity contribution in [1.82, 2.24) is 4.98 Å². The number of rotatable bonds is 7. The molecule has 2 aromatic rings. The molecule has 0 aliphatic heterocycles. The Hall–Kier alpha value is -2.87. The van der Waals surface area contributed by atoms with Crippen molar-refractivity contribution in [3.05, 3.63) is 53.7 Å². The number of ether oxygens (including phenoxy) is 1. The molecule has 7 nitrogen and oxygen atoms in total. The molecule has 0 fully saturated rings. The van der Waals surface area contributed by atoms with Crippen LogP contribution in [0.3, 0.4) is 0 Å². The molecule has 2 rings (SSSR count). The Kier molecular flexibility index (Phi) is 6.53. The zero-order valence-electron chi connectivity index (χ0n) is 13.4. The highest BCUT2D eigenvalue weighted by Crippen LogP contribution is 2.17. The minimum atomic E-state index is -1.12. The summed E-state index contributed by atoms with van der Waals surface area (Å²) < 4.78 is 4.88. The van der Waals surface area contributed by atoms with Crippen LogP contribution in [0, 0.1) is 0 Å². The Morgan fingerprint density at radius 1 is 1.16 bits per heavy atom. The molecule has 0 bridgehead atoms. The molecular formula is C17H16N2O5S. The lowest BCUT2D eigenvalue weighted by atomic mass is 10.2. The average molecular weight is 360 g/mol. The Balaban J connectivity index is 1.89. The van der Waals surface area contributed by atoms with Gasteiger partial charge in [0.25, 0.3) is 0 Å². The van der Waals surface area contributed by atoms with Crippen LogP contribution in [-0.2, 0) is 9.53 Å². The van der Waals surface area contributed by atoms with Gasteiger partial charge in [0.05, 0.1) is 22.9 Å². The summed E-state index contributed by atoms with van der Waals surface area (Å²) >= 11 is 1.13. The highest BCUT2D eigenvalue weighted by atomic mass is 32.2. The number of carboxylic acid groups (broad SMARTS) is 1. The topological polar surface area (TPSA) is 106 Å². The minimum Gasteiger partial charge on any atom is -0.477 e. The largest absolute Gasteiger partial charge is 0.477 e. The van der Waals surface area contributed by atoms with Gasteiger partial charge >= 0.3 is 11.9 Å². The lowest BCUT2D eigenvalue weighted by Gasteiger charge is -2.06. The third-order valence-corrected chi connectivity index (χ3v) is 3.90. The fraction of sp³-hybridized carbons (Fsp3) is 0.176. The maximum absolute atomic E-state index is 12.0. The third kappa shape index (κ3) is 5.61. The first-order chi connectivity index (χ1) is 12.0. The Morgan fingerprint density at radius 3 is 2.52 bits per heavy atom. The molecule has 25 heavy (non-hydrogen) atoms. The number of nitrogens with one attached hydrogen (secondary N) is 1. The van der Waals surface area contributed by atoms with E-state index in [9.17, 15) is 14.4 Å². The van der Waals surface area contributed by atoms with Crippen LogP contribution in [0.4, 0.5) is 5.69 Å². The van der Waals surface area contributed by atoms with Crippen LogP contribution in [0.15, 0.2) is 47.5 Å². The molecule has 2 N–H and O–H groups in total. The van der Waals surface area contributed by atoms with Crippen molar-refractivity contribution < 1.29 is 24.2 Å². The van der Waals surface area contributed by atoms with Gasteiger partial charge in [0, 0.05) is 5.69 Å². The van der Waals surface area contributed by atoms with Gasteiger partial charge in [0.1, 0.15) is 5.69 Å². The molecule has 1 aromatic carbocycles. The van der Waals surface area contributed by atoms with Gasteiger partial charge in [-0.15, -0.1) is 0 Å². The predicted octanol–water partition coefficient (Wildman–Crippen LogP) is 2.69. The molecule has 0 saturated carbocycles. The van der Waals surface area contributed by atoms with E-state index < -0.39 is 11.9 Å². The average Bonchev–Trinajstić information content (AvgIpc) is 2.61. The summed E-state index contributed by atoms with van der Waals surface area (Å²) in [6, 6.07) is 11.0. The zero-order chi connectivity index (χ0) is 18.2. The van der Waals surface area contributed by atoms with E-state index in [0.717, 1.165) is 11.8 Å². The Bertz CT molecular complexity index is 777. The number of nitrogens with zero attached hydrogens (tertiary/aromatic N) is 1. The molecule has 130 valence electrons. The van der Waals surface area contributed by atoms with E-state index >= 15 is 0 Å². The molecule has 1 aromatic heterocycles. The predicted molar refractivity (Wildman–Crippen MR) is 92.9 cm³/mol. The number of benzene rings is 1. The lowest BCUT2D eigenvalue weighted by Crippen LogP contribution is -2.14. The molecule has 0 radical (unpaired) electrons. The lowest BCUT2D eigenvalue weighted by molar-refractivity contribution is -0.113. The monoisotopic (exact) mass is 360 g/mol. The zero-order valence-corrected chi connectivity index (χ0v) is 14.2. The van der Waals surface area contributed by atoms with Gasteiger partial charge < -0.3 is 15.2 Å². The Labute approximate surface area is 148 Å². The minimum absolute atomic E-state index is 0.0695. The second-order valence-corrected chi connectivity index (χ2v) is 5.80. The number of hydrogen-bond donors (Lipinski definition) is 2. The summed E-state index contributed by atoms with van der Waals surface area (Å²) in [4.78, 5) is 38.3. The van der Waals surface area contributed by atoms with Gasteiger partial charge in [0.2, 0.25) is 5.91 Å². The fourth-order valence-electron chi connectivity index (χ4n) is 1.85. The van der Waals surface area contributed by atoms with Crippen LogP contribution in [0.25, 0.3) is 0 Å². The van der Waals surface area contributed by atoms with Crippen molar-refractivity contribution in [3.8, 4) is 0 Å². The number of pyridine rings is 1. The van der Waals surface area contributed by atoms with Crippen molar-refractivity contribution in [2.45, 2.75) is 11.9 Å². The van der Waals surface area contributed by atoms with E-state index in [0.29, 0.717) is 22.9 Å². The number of amides is 1. The highest BCUT2D eigenvalue weighted by molar-refractivity contribution is 7.99.